The van der Waals surface area contributed by atoms with Crippen LogP contribution in [0.3, 0.4) is 0 Å². The van der Waals surface area contributed by atoms with Gasteiger partial charge in [0, 0.05) is 25.7 Å². The standard InChI is InChI=1S/C17H34N2O/c1-14(2)12-18-13-16-7-4-5-10-19(16)15-8-6-9-17(11-15)20-3/h14-18H,4-13H2,1-3H3. The highest BCUT2D eigenvalue weighted by atomic mass is 16.5. The molecule has 20 heavy (non-hydrogen) atoms. The molecule has 1 aliphatic carbocycles. The second kappa shape index (κ2) is 8.35. The van der Waals surface area contributed by atoms with Gasteiger partial charge in [-0.05, 0) is 57.5 Å². The summed E-state index contributed by atoms with van der Waals surface area (Å²) in [6.07, 6.45) is 9.89. The van der Waals surface area contributed by atoms with Crippen molar-refractivity contribution >= 4 is 0 Å². The molecule has 0 bridgehead atoms. The predicted molar refractivity (Wildman–Crippen MR) is 85.1 cm³/mol. The molecule has 3 unspecified atom stereocenters. The molecule has 0 aromatic rings. The SMILES string of the molecule is COC1CCCC(N2CCCCC2CNCC(C)C)C1. The van der Waals surface area contributed by atoms with E-state index in [9.17, 15) is 0 Å². The Bertz CT molecular complexity index is 270. The smallest absolute Gasteiger partial charge is 0.0586 e. The van der Waals surface area contributed by atoms with Crippen LogP contribution in [0, 0.1) is 5.92 Å². The van der Waals surface area contributed by atoms with Crippen molar-refractivity contribution in [3.63, 3.8) is 0 Å². The van der Waals surface area contributed by atoms with E-state index >= 15 is 0 Å². The summed E-state index contributed by atoms with van der Waals surface area (Å²) < 4.78 is 5.62. The third-order valence-electron chi connectivity index (χ3n) is 5.01. The summed E-state index contributed by atoms with van der Waals surface area (Å²) in [4.78, 5) is 2.81. The summed E-state index contributed by atoms with van der Waals surface area (Å²) in [5.41, 5.74) is 0. The van der Waals surface area contributed by atoms with Crippen LogP contribution < -0.4 is 5.32 Å². The summed E-state index contributed by atoms with van der Waals surface area (Å²) in [7, 11) is 1.88. The Morgan fingerprint density at radius 1 is 1.15 bits per heavy atom. The van der Waals surface area contributed by atoms with Gasteiger partial charge in [-0.3, -0.25) is 4.90 Å². The minimum atomic E-state index is 0.500. The molecule has 1 aliphatic heterocycles. The fourth-order valence-corrected chi connectivity index (χ4v) is 3.90. The van der Waals surface area contributed by atoms with Gasteiger partial charge >= 0.3 is 0 Å². The van der Waals surface area contributed by atoms with Gasteiger partial charge in [-0.25, -0.2) is 0 Å². The van der Waals surface area contributed by atoms with Gasteiger partial charge in [0.2, 0.25) is 0 Å². The molecule has 0 radical (unpaired) electrons. The van der Waals surface area contributed by atoms with E-state index in [2.05, 4.69) is 24.1 Å². The number of rotatable bonds is 6. The van der Waals surface area contributed by atoms with Crippen molar-refractivity contribution in [1.29, 1.82) is 0 Å². The maximum atomic E-state index is 5.62. The molecule has 118 valence electrons. The molecule has 1 heterocycles. The first kappa shape index (κ1) is 16.3. The Morgan fingerprint density at radius 2 is 2.00 bits per heavy atom. The number of hydrogen-bond acceptors (Lipinski definition) is 3. The molecule has 0 aromatic carbocycles. The van der Waals surface area contributed by atoms with E-state index in [-0.39, 0.29) is 0 Å². The van der Waals surface area contributed by atoms with Crippen molar-refractivity contribution < 1.29 is 4.74 Å². The number of methoxy groups -OCH3 is 1. The number of hydrogen-bond donors (Lipinski definition) is 1. The van der Waals surface area contributed by atoms with E-state index in [0.717, 1.165) is 24.5 Å². The molecule has 3 heteroatoms. The highest BCUT2D eigenvalue weighted by molar-refractivity contribution is 4.88. The second-order valence-corrected chi connectivity index (χ2v) is 7.12. The van der Waals surface area contributed by atoms with Crippen LogP contribution in [0.15, 0.2) is 0 Å². The summed E-state index contributed by atoms with van der Waals surface area (Å²) in [5, 5.41) is 3.68. The fraction of sp³-hybridized carbons (Fsp3) is 1.00. The first-order valence-corrected chi connectivity index (χ1v) is 8.70. The molecule has 0 spiro atoms. The van der Waals surface area contributed by atoms with E-state index in [1.165, 1.54) is 58.0 Å². The Labute approximate surface area is 125 Å². The van der Waals surface area contributed by atoms with Crippen LogP contribution in [0.2, 0.25) is 0 Å². The highest BCUT2D eigenvalue weighted by Crippen LogP contribution is 2.29. The van der Waals surface area contributed by atoms with Gasteiger partial charge in [0.15, 0.2) is 0 Å². The van der Waals surface area contributed by atoms with Crippen LogP contribution >= 0.6 is 0 Å². The Balaban J connectivity index is 1.85. The van der Waals surface area contributed by atoms with Crippen molar-refractivity contribution in [3.8, 4) is 0 Å². The number of nitrogens with zero attached hydrogens (tertiary/aromatic N) is 1. The lowest BCUT2D eigenvalue weighted by molar-refractivity contribution is 0.00397. The van der Waals surface area contributed by atoms with E-state index in [4.69, 9.17) is 4.74 Å². The molecule has 1 N–H and O–H groups in total. The average molecular weight is 282 g/mol. The maximum Gasteiger partial charge on any atom is 0.0586 e. The average Bonchev–Trinajstić information content (AvgIpc) is 2.47. The van der Waals surface area contributed by atoms with Crippen molar-refractivity contribution in [1.82, 2.24) is 10.2 Å². The Hall–Kier alpha value is -0.120. The van der Waals surface area contributed by atoms with Crippen LogP contribution in [-0.2, 0) is 4.74 Å². The molecule has 3 nitrogen and oxygen atoms in total. The number of piperidine rings is 1. The molecule has 0 amide bonds. The molecule has 2 fully saturated rings. The van der Waals surface area contributed by atoms with Gasteiger partial charge < -0.3 is 10.1 Å². The van der Waals surface area contributed by atoms with E-state index in [1.54, 1.807) is 0 Å². The third-order valence-corrected chi connectivity index (χ3v) is 5.01. The lowest BCUT2D eigenvalue weighted by Crippen LogP contribution is -2.52. The van der Waals surface area contributed by atoms with Gasteiger partial charge in [-0.2, -0.15) is 0 Å². The first-order chi connectivity index (χ1) is 9.70. The largest absolute Gasteiger partial charge is 0.381 e. The lowest BCUT2D eigenvalue weighted by Gasteiger charge is -2.44. The van der Waals surface area contributed by atoms with Crippen LogP contribution in [0.1, 0.15) is 58.8 Å². The van der Waals surface area contributed by atoms with Crippen molar-refractivity contribution in [3.05, 3.63) is 0 Å². The minimum absolute atomic E-state index is 0.500. The summed E-state index contributed by atoms with van der Waals surface area (Å²) in [5.74, 6) is 0.750. The fourth-order valence-electron chi connectivity index (χ4n) is 3.90. The molecular formula is C17H34N2O. The van der Waals surface area contributed by atoms with Gasteiger partial charge in [-0.1, -0.05) is 20.3 Å². The van der Waals surface area contributed by atoms with E-state index < -0.39 is 0 Å². The lowest BCUT2D eigenvalue weighted by atomic mass is 9.88. The third kappa shape index (κ3) is 4.71. The topological polar surface area (TPSA) is 24.5 Å². The molecule has 1 saturated heterocycles. The van der Waals surface area contributed by atoms with Crippen LogP contribution in [0.5, 0.6) is 0 Å². The molecule has 1 saturated carbocycles. The van der Waals surface area contributed by atoms with Crippen molar-refractivity contribution in [2.45, 2.75) is 77.0 Å². The molecular weight excluding hydrogens is 248 g/mol. The summed E-state index contributed by atoms with van der Waals surface area (Å²) in [6.45, 7) is 8.20. The van der Waals surface area contributed by atoms with E-state index in [1.807, 2.05) is 7.11 Å². The predicted octanol–water partition coefficient (Wildman–Crippen LogP) is 3.04. The van der Waals surface area contributed by atoms with Crippen LogP contribution in [-0.4, -0.2) is 49.8 Å². The molecule has 3 atom stereocenters. The van der Waals surface area contributed by atoms with Gasteiger partial charge in [-0.15, -0.1) is 0 Å². The second-order valence-electron chi connectivity index (χ2n) is 7.12. The number of nitrogens with one attached hydrogen (secondary N) is 1. The zero-order chi connectivity index (χ0) is 14.4. The molecule has 2 aliphatic rings. The number of ether oxygens (including phenoxy) is 1. The van der Waals surface area contributed by atoms with Gasteiger partial charge in [0.25, 0.3) is 0 Å². The van der Waals surface area contributed by atoms with E-state index in [0.29, 0.717) is 6.10 Å². The first-order valence-electron chi connectivity index (χ1n) is 8.70. The van der Waals surface area contributed by atoms with Crippen LogP contribution in [0.4, 0.5) is 0 Å². The summed E-state index contributed by atoms with van der Waals surface area (Å²) >= 11 is 0. The molecule has 0 aromatic heterocycles. The normalized spacial score (nSPS) is 32.7. The highest BCUT2D eigenvalue weighted by Gasteiger charge is 2.32. The summed E-state index contributed by atoms with van der Waals surface area (Å²) in [6, 6.07) is 1.52. The van der Waals surface area contributed by atoms with Crippen molar-refractivity contribution in [2.24, 2.45) is 5.92 Å². The zero-order valence-corrected chi connectivity index (χ0v) is 13.7. The quantitative estimate of drug-likeness (QED) is 0.810. The Morgan fingerprint density at radius 3 is 2.75 bits per heavy atom. The van der Waals surface area contributed by atoms with Gasteiger partial charge in [0.05, 0.1) is 6.10 Å². The maximum absolute atomic E-state index is 5.62. The monoisotopic (exact) mass is 282 g/mol. The van der Waals surface area contributed by atoms with Gasteiger partial charge in [0.1, 0.15) is 0 Å². The minimum Gasteiger partial charge on any atom is -0.381 e. The number of likely N-dealkylation sites (tertiary alicyclic amines) is 1. The Kier molecular flexibility index (Phi) is 6.79. The van der Waals surface area contributed by atoms with Crippen LogP contribution in [0.25, 0.3) is 0 Å². The molecule has 2 rings (SSSR count). The van der Waals surface area contributed by atoms with Crippen molar-refractivity contribution in [2.75, 3.05) is 26.7 Å². The zero-order valence-electron chi connectivity index (χ0n) is 13.7.